The van der Waals surface area contributed by atoms with E-state index in [9.17, 15) is 0 Å². The molecule has 1 aromatic carbocycles. The van der Waals surface area contributed by atoms with Crippen molar-refractivity contribution in [3.05, 3.63) is 29.0 Å². The van der Waals surface area contributed by atoms with Crippen molar-refractivity contribution in [2.24, 2.45) is 0 Å². The molecule has 0 spiro atoms. The predicted octanol–water partition coefficient (Wildman–Crippen LogP) is 2.24. The van der Waals surface area contributed by atoms with E-state index in [-0.39, 0.29) is 11.8 Å². The number of aliphatic hydroxyl groups excluding tert-OH is 1. The summed E-state index contributed by atoms with van der Waals surface area (Å²) in [6, 6.07) is 5.40. The number of aromatic amines is 1. The van der Waals surface area contributed by atoms with E-state index in [2.05, 4.69) is 9.97 Å². The summed E-state index contributed by atoms with van der Waals surface area (Å²) in [7, 11) is 3.14. The van der Waals surface area contributed by atoms with E-state index in [0.29, 0.717) is 23.0 Å². The van der Waals surface area contributed by atoms with Crippen LogP contribution in [-0.4, -0.2) is 29.3 Å². The minimum Gasteiger partial charge on any atom is -0.493 e. The summed E-state index contributed by atoms with van der Waals surface area (Å²) in [5.41, 5.74) is 1.29. The van der Waals surface area contributed by atoms with Crippen molar-refractivity contribution in [2.45, 2.75) is 6.61 Å². The number of H-pyrrole nitrogens is 1. The van der Waals surface area contributed by atoms with E-state index < -0.39 is 0 Å². The molecule has 2 aromatic rings. The van der Waals surface area contributed by atoms with Crippen molar-refractivity contribution in [2.75, 3.05) is 14.2 Å². The zero-order valence-electron chi connectivity index (χ0n) is 10.0. The fourth-order valence-corrected chi connectivity index (χ4v) is 1.80. The Kier molecular flexibility index (Phi) is 3.74. The molecule has 2 rings (SSSR count). The van der Waals surface area contributed by atoms with E-state index in [0.717, 1.165) is 5.56 Å². The summed E-state index contributed by atoms with van der Waals surface area (Å²) in [4.78, 5) is 7.08. The van der Waals surface area contributed by atoms with Crippen molar-refractivity contribution in [3.8, 4) is 22.9 Å². The quantitative estimate of drug-likeness (QED) is 0.892. The first-order chi connectivity index (χ1) is 8.69. The van der Waals surface area contributed by atoms with Gasteiger partial charge in [0, 0.05) is 5.56 Å². The third-order valence-corrected chi connectivity index (χ3v) is 2.86. The summed E-state index contributed by atoms with van der Waals surface area (Å²) in [6.45, 7) is -0.181. The number of halogens is 1. The van der Waals surface area contributed by atoms with Crippen LogP contribution in [0.1, 0.15) is 5.69 Å². The maximum atomic E-state index is 9.06. The molecule has 0 aliphatic carbocycles. The van der Waals surface area contributed by atoms with Crippen LogP contribution in [0, 0.1) is 0 Å². The number of hydrogen-bond acceptors (Lipinski definition) is 4. The normalized spacial score (nSPS) is 10.4. The molecule has 18 heavy (non-hydrogen) atoms. The zero-order valence-corrected chi connectivity index (χ0v) is 10.8. The van der Waals surface area contributed by atoms with Crippen LogP contribution in [0.3, 0.4) is 0 Å². The molecule has 0 saturated heterocycles. The molecule has 0 fully saturated rings. The monoisotopic (exact) mass is 268 g/mol. The highest BCUT2D eigenvalue weighted by Gasteiger charge is 2.11. The highest BCUT2D eigenvalue weighted by atomic mass is 35.5. The van der Waals surface area contributed by atoms with Gasteiger partial charge < -0.3 is 19.6 Å². The van der Waals surface area contributed by atoms with Crippen LogP contribution in [-0.2, 0) is 6.61 Å². The smallest absolute Gasteiger partial charge is 0.161 e. The number of aliphatic hydroxyl groups is 1. The summed E-state index contributed by atoms with van der Waals surface area (Å²) >= 11 is 5.87. The third-order valence-electron chi connectivity index (χ3n) is 2.54. The van der Waals surface area contributed by atoms with Crippen LogP contribution in [0.5, 0.6) is 11.5 Å². The maximum Gasteiger partial charge on any atom is 0.161 e. The second kappa shape index (κ2) is 5.29. The molecule has 0 bridgehead atoms. The summed E-state index contributed by atoms with van der Waals surface area (Å²) < 4.78 is 10.4. The van der Waals surface area contributed by atoms with Crippen molar-refractivity contribution in [3.63, 3.8) is 0 Å². The minimum atomic E-state index is -0.181. The van der Waals surface area contributed by atoms with Crippen molar-refractivity contribution in [1.82, 2.24) is 9.97 Å². The molecule has 5 nitrogen and oxygen atoms in total. The van der Waals surface area contributed by atoms with Gasteiger partial charge in [0.2, 0.25) is 0 Å². The fraction of sp³-hybridized carbons (Fsp3) is 0.250. The van der Waals surface area contributed by atoms with E-state index >= 15 is 0 Å². The average molecular weight is 269 g/mol. The molecule has 0 radical (unpaired) electrons. The Morgan fingerprint density at radius 2 is 2.00 bits per heavy atom. The Morgan fingerprint density at radius 1 is 1.28 bits per heavy atom. The van der Waals surface area contributed by atoms with Crippen molar-refractivity contribution < 1.29 is 14.6 Å². The van der Waals surface area contributed by atoms with Crippen LogP contribution in [0.15, 0.2) is 18.2 Å². The Labute approximate surface area is 109 Å². The van der Waals surface area contributed by atoms with E-state index in [1.807, 2.05) is 6.07 Å². The highest BCUT2D eigenvalue weighted by molar-refractivity contribution is 6.30. The number of hydrogen-bond donors (Lipinski definition) is 2. The molecule has 0 unspecified atom stereocenters. The molecule has 1 aromatic heterocycles. The first kappa shape index (κ1) is 12.7. The van der Waals surface area contributed by atoms with E-state index in [1.165, 1.54) is 0 Å². The maximum absolute atomic E-state index is 9.06. The highest BCUT2D eigenvalue weighted by Crippen LogP contribution is 2.32. The molecule has 1 heterocycles. The lowest BCUT2D eigenvalue weighted by Gasteiger charge is -2.08. The van der Waals surface area contributed by atoms with Gasteiger partial charge in [-0.15, -0.1) is 0 Å². The minimum absolute atomic E-state index is 0.181. The number of methoxy groups -OCH3 is 2. The van der Waals surface area contributed by atoms with Gasteiger partial charge in [0.05, 0.1) is 26.5 Å². The number of ether oxygens (including phenoxy) is 2. The summed E-state index contributed by atoms with van der Waals surface area (Å²) in [6.07, 6.45) is 0. The molecule has 0 atom stereocenters. The number of imidazole rings is 1. The van der Waals surface area contributed by atoms with Gasteiger partial charge >= 0.3 is 0 Å². The molecular formula is C12H13ClN2O3. The number of rotatable bonds is 4. The number of benzene rings is 1. The van der Waals surface area contributed by atoms with Crippen LogP contribution >= 0.6 is 11.6 Å². The van der Waals surface area contributed by atoms with Gasteiger partial charge in [-0.1, -0.05) is 11.6 Å². The van der Waals surface area contributed by atoms with E-state index in [1.54, 1.807) is 26.4 Å². The Morgan fingerprint density at radius 3 is 2.56 bits per heavy atom. The molecule has 0 saturated carbocycles. The average Bonchev–Trinajstić information content (AvgIpc) is 2.79. The second-order valence-electron chi connectivity index (χ2n) is 3.58. The molecule has 0 aliphatic heterocycles. The van der Waals surface area contributed by atoms with Gasteiger partial charge in [-0.3, -0.25) is 0 Å². The third kappa shape index (κ3) is 2.27. The topological polar surface area (TPSA) is 67.4 Å². The molecular weight excluding hydrogens is 256 g/mol. The second-order valence-corrected chi connectivity index (χ2v) is 3.94. The lowest BCUT2D eigenvalue weighted by atomic mass is 10.2. The number of nitrogens with zero attached hydrogens (tertiary/aromatic N) is 1. The molecule has 2 N–H and O–H groups in total. The Balaban J connectivity index is 2.44. The standard InChI is InChI=1S/C12H13ClN2O3/c1-17-9-4-3-7(5-10(9)18-2)12-14-8(6-16)11(13)15-12/h3-5,16H,6H2,1-2H3,(H,14,15). The van der Waals surface area contributed by atoms with Gasteiger partial charge in [-0.05, 0) is 18.2 Å². The van der Waals surface area contributed by atoms with Gasteiger partial charge in [-0.2, -0.15) is 0 Å². The van der Waals surface area contributed by atoms with Crippen molar-refractivity contribution in [1.29, 1.82) is 0 Å². The first-order valence-electron chi connectivity index (χ1n) is 5.27. The fourth-order valence-electron chi connectivity index (χ4n) is 1.61. The SMILES string of the molecule is COc1ccc(-c2nc(Cl)c(CO)[nH]2)cc1OC. The predicted molar refractivity (Wildman–Crippen MR) is 68.1 cm³/mol. The van der Waals surface area contributed by atoms with Gasteiger partial charge in [-0.25, -0.2) is 4.98 Å². The first-order valence-corrected chi connectivity index (χ1v) is 5.65. The Bertz CT molecular complexity index is 554. The molecule has 0 aliphatic rings. The summed E-state index contributed by atoms with van der Waals surface area (Å²) in [5.74, 6) is 1.82. The number of nitrogens with one attached hydrogen (secondary N) is 1. The van der Waals surface area contributed by atoms with Crippen molar-refractivity contribution >= 4 is 11.6 Å². The van der Waals surface area contributed by atoms with Crippen LogP contribution < -0.4 is 9.47 Å². The largest absolute Gasteiger partial charge is 0.493 e. The van der Waals surface area contributed by atoms with Crippen LogP contribution in [0.2, 0.25) is 5.15 Å². The molecule has 0 amide bonds. The Hall–Kier alpha value is -1.72. The van der Waals surface area contributed by atoms with Gasteiger partial charge in [0.1, 0.15) is 5.82 Å². The summed E-state index contributed by atoms with van der Waals surface area (Å²) in [5, 5.41) is 9.33. The van der Waals surface area contributed by atoms with Crippen LogP contribution in [0.25, 0.3) is 11.4 Å². The lowest BCUT2D eigenvalue weighted by molar-refractivity contribution is 0.277. The zero-order chi connectivity index (χ0) is 13.1. The lowest BCUT2D eigenvalue weighted by Crippen LogP contribution is -1.91. The number of aromatic nitrogens is 2. The van der Waals surface area contributed by atoms with Crippen LogP contribution in [0.4, 0.5) is 0 Å². The van der Waals surface area contributed by atoms with E-state index in [4.69, 9.17) is 26.2 Å². The van der Waals surface area contributed by atoms with Gasteiger partial charge in [0.25, 0.3) is 0 Å². The molecule has 96 valence electrons. The molecule has 6 heteroatoms. The van der Waals surface area contributed by atoms with Gasteiger partial charge in [0.15, 0.2) is 16.7 Å².